The summed E-state index contributed by atoms with van der Waals surface area (Å²) in [5.41, 5.74) is 0.892. The van der Waals surface area contributed by atoms with Crippen LogP contribution in [0.1, 0.15) is 19.4 Å². The minimum Gasteiger partial charge on any atom is -0.212 e. The number of hydrogen-bond donors (Lipinski definition) is 1. The van der Waals surface area contributed by atoms with E-state index in [-0.39, 0.29) is 0 Å². The van der Waals surface area contributed by atoms with Crippen LogP contribution < -0.4 is 4.72 Å². The van der Waals surface area contributed by atoms with Gasteiger partial charge >= 0.3 is 0 Å². The van der Waals surface area contributed by atoms with Gasteiger partial charge in [-0.3, -0.25) is 0 Å². The lowest BCUT2D eigenvalue weighted by atomic mass is 10.2. The first-order chi connectivity index (χ1) is 6.92. The van der Waals surface area contributed by atoms with E-state index in [1.54, 1.807) is 38.1 Å². The van der Waals surface area contributed by atoms with Gasteiger partial charge in [0.05, 0.1) is 5.25 Å². The van der Waals surface area contributed by atoms with Crippen molar-refractivity contribution in [1.29, 1.82) is 0 Å². The molecule has 0 aliphatic rings. The molecule has 1 N–H and O–H groups in total. The highest BCUT2D eigenvalue weighted by molar-refractivity contribution is 7.90. The number of halogens is 1. The Morgan fingerprint density at radius 2 is 1.80 bits per heavy atom. The third kappa shape index (κ3) is 3.81. The summed E-state index contributed by atoms with van der Waals surface area (Å²) in [6.07, 6.45) is 0. The normalized spacial score (nSPS) is 12.0. The Labute approximate surface area is 95.5 Å². The molecule has 0 saturated heterocycles. The van der Waals surface area contributed by atoms with Crippen molar-refractivity contribution in [3.63, 3.8) is 0 Å². The van der Waals surface area contributed by atoms with E-state index in [2.05, 4.69) is 4.72 Å². The van der Waals surface area contributed by atoms with Crippen molar-refractivity contribution in [1.82, 2.24) is 4.72 Å². The maximum absolute atomic E-state index is 11.4. The van der Waals surface area contributed by atoms with Crippen LogP contribution in [0, 0.1) is 0 Å². The molecular formula is C10H14ClNO2S. The molecule has 84 valence electrons. The first-order valence-electron chi connectivity index (χ1n) is 4.65. The van der Waals surface area contributed by atoms with Gasteiger partial charge < -0.3 is 0 Å². The molecule has 0 aliphatic heterocycles. The van der Waals surface area contributed by atoms with E-state index in [0.29, 0.717) is 11.6 Å². The predicted octanol–water partition coefficient (Wildman–Crippen LogP) is 2.17. The quantitative estimate of drug-likeness (QED) is 0.887. The fourth-order valence-corrected chi connectivity index (χ4v) is 1.78. The minimum atomic E-state index is -3.19. The lowest BCUT2D eigenvalue weighted by Crippen LogP contribution is -2.30. The number of nitrogens with one attached hydrogen (secondary N) is 1. The molecule has 15 heavy (non-hydrogen) atoms. The van der Waals surface area contributed by atoms with E-state index in [1.165, 1.54) is 0 Å². The van der Waals surface area contributed by atoms with Crippen molar-refractivity contribution in [2.75, 3.05) is 0 Å². The second kappa shape index (κ2) is 4.96. The average molecular weight is 248 g/mol. The van der Waals surface area contributed by atoms with Gasteiger partial charge in [0.1, 0.15) is 0 Å². The van der Waals surface area contributed by atoms with Gasteiger partial charge in [0.25, 0.3) is 0 Å². The van der Waals surface area contributed by atoms with Gasteiger partial charge in [-0.15, -0.1) is 0 Å². The fraction of sp³-hybridized carbons (Fsp3) is 0.400. The number of hydrogen-bond acceptors (Lipinski definition) is 2. The molecule has 5 heteroatoms. The predicted molar refractivity (Wildman–Crippen MR) is 62.3 cm³/mol. The lowest BCUT2D eigenvalue weighted by Gasteiger charge is -2.09. The SMILES string of the molecule is CC(C)S(=O)(=O)NCc1ccc(Cl)cc1. The van der Waals surface area contributed by atoms with E-state index in [9.17, 15) is 8.42 Å². The summed E-state index contributed by atoms with van der Waals surface area (Å²) in [5.74, 6) is 0. The van der Waals surface area contributed by atoms with Crippen LogP contribution in [-0.4, -0.2) is 13.7 Å². The Balaban J connectivity index is 2.62. The van der Waals surface area contributed by atoms with Crippen LogP contribution in [-0.2, 0) is 16.6 Å². The number of sulfonamides is 1. The molecular weight excluding hydrogens is 234 g/mol. The van der Waals surface area contributed by atoms with Crippen LogP contribution >= 0.6 is 11.6 Å². The molecule has 1 aromatic rings. The van der Waals surface area contributed by atoms with Crippen molar-refractivity contribution >= 4 is 21.6 Å². The van der Waals surface area contributed by atoms with Crippen LogP contribution in [0.2, 0.25) is 5.02 Å². The number of rotatable bonds is 4. The Bertz CT molecular complexity index is 412. The molecule has 0 aliphatic carbocycles. The Kier molecular flexibility index (Phi) is 4.13. The molecule has 0 heterocycles. The van der Waals surface area contributed by atoms with Gasteiger partial charge in [0.15, 0.2) is 0 Å². The second-order valence-corrected chi connectivity index (χ2v) is 6.30. The highest BCUT2D eigenvalue weighted by atomic mass is 35.5. The molecule has 0 radical (unpaired) electrons. The van der Waals surface area contributed by atoms with E-state index in [0.717, 1.165) is 5.56 Å². The van der Waals surface area contributed by atoms with Crippen molar-refractivity contribution < 1.29 is 8.42 Å². The molecule has 1 aromatic carbocycles. The van der Waals surface area contributed by atoms with Gasteiger partial charge in [0.2, 0.25) is 10.0 Å². The third-order valence-corrected chi connectivity index (χ3v) is 4.05. The van der Waals surface area contributed by atoms with Crippen molar-refractivity contribution in [3.05, 3.63) is 34.9 Å². The molecule has 0 unspecified atom stereocenters. The Hall–Kier alpha value is -0.580. The summed E-state index contributed by atoms with van der Waals surface area (Å²) < 4.78 is 25.4. The first kappa shape index (κ1) is 12.5. The molecule has 0 spiro atoms. The summed E-state index contributed by atoms with van der Waals surface area (Å²) in [7, 11) is -3.19. The molecule has 1 rings (SSSR count). The third-order valence-electron chi connectivity index (χ3n) is 2.01. The summed E-state index contributed by atoms with van der Waals surface area (Å²) in [6, 6.07) is 7.07. The van der Waals surface area contributed by atoms with E-state index in [4.69, 9.17) is 11.6 Å². The van der Waals surface area contributed by atoms with Crippen LogP contribution in [0.4, 0.5) is 0 Å². The second-order valence-electron chi connectivity index (χ2n) is 3.54. The van der Waals surface area contributed by atoms with E-state index < -0.39 is 15.3 Å². The maximum Gasteiger partial charge on any atom is 0.214 e. The molecule has 3 nitrogen and oxygen atoms in total. The van der Waals surface area contributed by atoms with Gasteiger partial charge in [-0.2, -0.15) is 0 Å². The van der Waals surface area contributed by atoms with E-state index in [1.807, 2.05) is 0 Å². The van der Waals surface area contributed by atoms with E-state index >= 15 is 0 Å². The standard InChI is InChI=1S/C10H14ClNO2S/c1-8(2)15(13,14)12-7-9-3-5-10(11)6-4-9/h3-6,8,12H,7H2,1-2H3. The van der Waals surface area contributed by atoms with Gasteiger partial charge in [-0.1, -0.05) is 23.7 Å². The summed E-state index contributed by atoms with van der Waals surface area (Å²) >= 11 is 5.71. The van der Waals surface area contributed by atoms with Gasteiger partial charge in [-0.25, -0.2) is 13.1 Å². The minimum absolute atomic E-state index is 0.303. The summed E-state index contributed by atoms with van der Waals surface area (Å²) in [5, 5.41) is 0.232. The number of benzene rings is 1. The fourth-order valence-electron chi connectivity index (χ4n) is 0.953. The molecule has 0 atom stereocenters. The van der Waals surface area contributed by atoms with Crippen LogP contribution in [0.15, 0.2) is 24.3 Å². The summed E-state index contributed by atoms with van der Waals surface area (Å²) in [6.45, 7) is 3.59. The van der Waals surface area contributed by atoms with Crippen LogP contribution in [0.5, 0.6) is 0 Å². The molecule has 0 amide bonds. The Morgan fingerprint density at radius 3 is 2.27 bits per heavy atom. The molecule has 0 aromatic heterocycles. The lowest BCUT2D eigenvalue weighted by molar-refractivity contribution is 0.572. The Morgan fingerprint density at radius 1 is 1.27 bits per heavy atom. The van der Waals surface area contributed by atoms with Crippen LogP contribution in [0.25, 0.3) is 0 Å². The maximum atomic E-state index is 11.4. The van der Waals surface area contributed by atoms with Crippen molar-refractivity contribution in [2.45, 2.75) is 25.6 Å². The highest BCUT2D eigenvalue weighted by Crippen LogP contribution is 2.09. The largest absolute Gasteiger partial charge is 0.214 e. The molecule has 0 bridgehead atoms. The summed E-state index contributed by atoms with van der Waals surface area (Å²) in [4.78, 5) is 0. The topological polar surface area (TPSA) is 46.2 Å². The first-order valence-corrected chi connectivity index (χ1v) is 6.57. The smallest absolute Gasteiger partial charge is 0.212 e. The van der Waals surface area contributed by atoms with Gasteiger partial charge in [0, 0.05) is 11.6 Å². The van der Waals surface area contributed by atoms with Gasteiger partial charge in [-0.05, 0) is 31.5 Å². The zero-order chi connectivity index (χ0) is 11.5. The average Bonchev–Trinajstić information content (AvgIpc) is 2.17. The van der Waals surface area contributed by atoms with Crippen LogP contribution in [0.3, 0.4) is 0 Å². The highest BCUT2D eigenvalue weighted by Gasteiger charge is 2.14. The molecule has 0 saturated carbocycles. The van der Waals surface area contributed by atoms with Crippen molar-refractivity contribution in [2.24, 2.45) is 0 Å². The zero-order valence-corrected chi connectivity index (χ0v) is 10.3. The van der Waals surface area contributed by atoms with Crippen molar-refractivity contribution in [3.8, 4) is 0 Å². The monoisotopic (exact) mass is 247 g/mol. The molecule has 0 fully saturated rings. The zero-order valence-electron chi connectivity index (χ0n) is 8.70.